The maximum atomic E-state index is 12.7. The minimum absolute atomic E-state index is 0.171. The van der Waals surface area contributed by atoms with E-state index in [0.717, 1.165) is 53.6 Å². The van der Waals surface area contributed by atoms with Crippen LogP contribution >= 0.6 is 11.3 Å². The molecule has 1 aromatic carbocycles. The number of rotatable bonds is 4. The first-order valence-corrected chi connectivity index (χ1v) is 10.7. The van der Waals surface area contributed by atoms with Gasteiger partial charge in [-0.15, -0.1) is 11.3 Å². The lowest BCUT2D eigenvalue weighted by molar-refractivity contribution is -0.131. The van der Waals surface area contributed by atoms with Crippen molar-refractivity contribution in [2.75, 3.05) is 13.1 Å². The Morgan fingerprint density at radius 2 is 2.04 bits per heavy atom. The number of likely N-dealkylation sites (tertiary alicyclic amines) is 1. The van der Waals surface area contributed by atoms with Crippen LogP contribution in [-0.2, 0) is 11.2 Å². The second-order valence-corrected chi connectivity index (χ2v) is 8.59. The fourth-order valence-electron chi connectivity index (χ4n) is 3.85. The Balaban J connectivity index is 1.48. The van der Waals surface area contributed by atoms with Gasteiger partial charge in [0.1, 0.15) is 0 Å². The van der Waals surface area contributed by atoms with E-state index >= 15 is 0 Å². The maximum absolute atomic E-state index is 12.7. The van der Waals surface area contributed by atoms with E-state index in [1.165, 1.54) is 5.56 Å². The van der Waals surface area contributed by atoms with Gasteiger partial charge in [0.15, 0.2) is 0 Å². The molecule has 28 heavy (non-hydrogen) atoms. The van der Waals surface area contributed by atoms with E-state index in [4.69, 9.17) is 4.98 Å². The molecule has 5 heteroatoms. The fraction of sp³-hybridized carbons (Fsp3) is 0.348. The molecule has 0 unspecified atom stereocenters. The standard InChI is InChI=1S/C23H25N3OS/c1-16-6-3-7-18(12-16)21-9-4-10-22(25-21)19-8-5-11-26(14-19)23(27)13-20-15-28-17(2)24-20/h3-4,6-7,9-10,12,15,19H,5,8,11,13-14H2,1-2H3/t19-/m1/s1. The van der Waals surface area contributed by atoms with Crippen LogP contribution in [0.2, 0.25) is 0 Å². The summed E-state index contributed by atoms with van der Waals surface area (Å²) in [7, 11) is 0. The molecule has 2 aromatic heterocycles. The van der Waals surface area contributed by atoms with Gasteiger partial charge in [0.05, 0.1) is 22.8 Å². The third-order valence-corrected chi connectivity index (χ3v) is 6.10. The summed E-state index contributed by atoms with van der Waals surface area (Å²) < 4.78 is 0. The van der Waals surface area contributed by atoms with Crippen molar-refractivity contribution >= 4 is 17.2 Å². The van der Waals surface area contributed by atoms with Crippen molar-refractivity contribution in [3.63, 3.8) is 0 Å². The largest absolute Gasteiger partial charge is 0.342 e. The van der Waals surface area contributed by atoms with Gasteiger partial charge >= 0.3 is 0 Å². The van der Waals surface area contributed by atoms with Gasteiger partial charge in [-0.2, -0.15) is 0 Å². The van der Waals surface area contributed by atoms with Crippen molar-refractivity contribution in [1.82, 2.24) is 14.9 Å². The van der Waals surface area contributed by atoms with Gasteiger partial charge < -0.3 is 4.90 Å². The number of carbonyl (C=O) groups is 1. The summed E-state index contributed by atoms with van der Waals surface area (Å²) in [5, 5.41) is 3.00. The molecule has 1 fully saturated rings. The van der Waals surface area contributed by atoms with E-state index in [1.54, 1.807) is 11.3 Å². The summed E-state index contributed by atoms with van der Waals surface area (Å²) in [5.41, 5.74) is 5.35. The highest BCUT2D eigenvalue weighted by molar-refractivity contribution is 7.09. The number of hydrogen-bond donors (Lipinski definition) is 0. The van der Waals surface area contributed by atoms with Crippen molar-refractivity contribution in [1.29, 1.82) is 0 Å². The molecule has 3 aromatic rings. The van der Waals surface area contributed by atoms with Crippen LogP contribution < -0.4 is 0 Å². The number of carbonyl (C=O) groups excluding carboxylic acids is 1. The average molecular weight is 392 g/mol. The fourth-order valence-corrected chi connectivity index (χ4v) is 4.46. The Kier molecular flexibility index (Phi) is 5.53. The molecule has 1 aliphatic rings. The van der Waals surface area contributed by atoms with Crippen molar-refractivity contribution in [2.24, 2.45) is 0 Å². The molecule has 0 saturated carbocycles. The smallest absolute Gasteiger partial charge is 0.228 e. The first-order chi connectivity index (χ1) is 13.6. The topological polar surface area (TPSA) is 46.1 Å². The summed E-state index contributed by atoms with van der Waals surface area (Å²) in [6.07, 6.45) is 2.49. The van der Waals surface area contributed by atoms with E-state index in [1.807, 2.05) is 17.2 Å². The zero-order chi connectivity index (χ0) is 19.5. The zero-order valence-corrected chi connectivity index (χ0v) is 17.2. The SMILES string of the molecule is Cc1cccc(-c2cccc([C@@H]3CCCN(C(=O)Cc4csc(C)n4)C3)n2)c1. The number of benzene rings is 1. The normalized spacial score (nSPS) is 16.9. The molecule has 144 valence electrons. The third kappa shape index (κ3) is 4.30. The van der Waals surface area contributed by atoms with Gasteiger partial charge in [-0.25, -0.2) is 4.98 Å². The highest BCUT2D eigenvalue weighted by Gasteiger charge is 2.26. The van der Waals surface area contributed by atoms with Crippen LogP contribution in [0.5, 0.6) is 0 Å². The molecule has 1 saturated heterocycles. The van der Waals surface area contributed by atoms with Crippen LogP contribution in [0.1, 0.15) is 40.7 Å². The van der Waals surface area contributed by atoms with Crippen LogP contribution in [0.3, 0.4) is 0 Å². The number of nitrogens with zero attached hydrogens (tertiary/aromatic N) is 3. The number of hydrogen-bond acceptors (Lipinski definition) is 4. The Morgan fingerprint density at radius 3 is 2.82 bits per heavy atom. The Hall–Kier alpha value is -2.53. The molecule has 4 nitrogen and oxygen atoms in total. The van der Waals surface area contributed by atoms with E-state index in [-0.39, 0.29) is 5.91 Å². The molecule has 0 bridgehead atoms. The van der Waals surface area contributed by atoms with E-state index in [0.29, 0.717) is 12.3 Å². The van der Waals surface area contributed by atoms with Crippen LogP contribution in [0.25, 0.3) is 11.3 Å². The van der Waals surface area contributed by atoms with Crippen molar-refractivity contribution < 1.29 is 4.79 Å². The van der Waals surface area contributed by atoms with E-state index in [9.17, 15) is 4.79 Å². The van der Waals surface area contributed by atoms with Crippen molar-refractivity contribution in [2.45, 2.75) is 39.0 Å². The molecule has 1 aliphatic heterocycles. The lowest BCUT2D eigenvalue weighted by Gasteiger charge is -2.32. The highest BCUT2D eigenvalue weighted by atomic mass is 32.1. The van der Waals surface area contributed by atoms with Gasteiger partial charge in [0.25, 0.3) is 0 Å². The Bertz CT molecular complexity index is 981. The Morgan fingerprint density at radius 1 is 1.18 bits per heavy atom. The van der Waals surface area contributed by atoms with Gasteiger partial charge in [-0.3, -0.25) is 9.78 Å². The number of amides is 1. The number of piperidine rings is 1. The predicted octanol–water partition coefficient (Wildman–Crippen LogP) is 4.77. The minimum Gasteiger partial charge on any atom is -0.342 e. The quantitative estimate of drug-likeness (QED) is 0.643. The number of aromatic nitrogens is 2. The van der Waals surface area contributed by atoms with Gasteiger partial charge in [-0.05, 0) is 44.9 Å². The second kappa shape index (κ2) is 8.23. The lowest BCUT2D eigenvalue weighted by atomic mass is 9.93. The number of aryl methyl sites for hydroxylation is 2. The molecule has 3 heterocycles. The molecule has 1 amide bonds. The molecular weight excluding hydrogens is 366 g/mol. The summed E-state index contributed by atoms with van der Waals surface area (Å²) in [6.45, 7) is 5.65. The van der Waals surface area contributed by atoms with Crippen molar-refractivity contribution in [3.05, 3.63) is 69.8 Å². The highest BCUT2D eigenvalue weighted by Crippen LogP contribution is 2.28. The average Bonchev–Trinajstić information content (AvgIpc) is 3.13. The summed E-state index contributed by atoms with van der Waals surface area (Å²) in [5.74, 6) is 0.462. The molecule has 1 atom stereocenters. The molecule has 0 aliphatic carbocycles. The van der Waals surface area contributed by atoms with Gasteiger partial charge in [0, 0.05) is 35.6 Å². The van der Waals surface area contributed by atoms with E-state index in [2.05, 4.69) is 54.4 Å². The first kappa shape index (κ1) is 18.8. The van der Waals surface area contributed by atoms with E-state index < -0.39 is 0 Å². The third-order valence-electron chi connectivity index (χ3n) is 5.28. The summed E-state index contributed by atoms with van der Waals surface area (Å²) in [6, 6.07) is 14.7. The first-order valence-electron chi connectivity index (χ1n) is 9.81. The van der Waals surface area contributed by atoms with Gasteiger partial charge in [0.2, 0.25) is 5.91 Å². The van der Waals surface area contributed by atoms with Crippen LogP contribution in [0.4, 0.5) is 0 Å². The van der Waals surface area contributed by atoms with Gasteiger partial charge in [-0.1, -0.05) is 29.8 Å². The number of thiazole rings is 1. The molecular formula is C23H25N3OS. The van der Waals surface area contributed by atoms with Crippen LogP contribution in [0, 0.1) is 13.8 Å². The van der Waals surface area contributed by atoms with Crippen LogP contribution in [0.15, 0.2) is 47.8 Å². The zero-order valence-electron chi connectivity index (χ0n) is 16.4. The predicted molar refractivity (Wildman–Crippen MR) is 114 cm³/mol. The second-order valence-electron chi connectivity index (χ2n) is 7.53. The summed E-state index contributed by atoms with van der Waals surface area (Å²) in [4.78, 5) is 24.1. The molecule has 0 spiro atoms. The number of pyridine rings is 1. The summed E-state index contributed by atoms with van der Waals surface area (Å²) >= 11 is 1.60. The lowest BCUT2D eigenvalue weighted by Crippen LogP contribution is -2.40. The molecule has 0 radical (unpaired) electrons. The Labute approximate surface area is 170 Å². The molecule has 0 N–H and O–H groups in total. The van der Waals surface area contributed by atoms with Crippen molar-refractivity contribution in [3.8, 4) is 11.3 Å². The molecule has 4 rings (SSSR count). The monoisotopic (exact) mass is 391 g/mol. The van der Waals surface area contributed by atoms with Crippen LogP contribution in [-0.4, -0.2) is 33.9 Å². The maximum Gasteiger partial charge on any atom is 0.228 e. The minimum atomic E-state index is 0.171.